The van der Waals surface area contributed by atoms with Gasteiger partial charge in [-0.2, -0.15) is 0 Å². The van der Waals surface area contributed by atoms with Crippen molar-refractivity contribution in [3.63, 3.8) is 0 Å². The standard InChI is InChI=1S/C10H16O6/c1-6(2)8(13)16-5-10(3,9(14)15)4-7(11)12/h6H,4-5H2,1-3H3,(H,11,12)(H,14,15). The first-order chi connectivity index (χ1) is 7.19. The van der Waals surface area contributed by atoms with Crippen molar-refractivity contribution in [3.05, 3.63) is 0 Å². The van der Waals surface area contributed by atoms with Gasteiger partial charge in [-0.1, -0.05) is 13.8 Å². The third-order valence-corrected chi connectivity index (χ3v) is 2.06. The van der Waals surface area contributed by atoms with Gasteiger partial charge < -0.3 is 14.9 Å². The SMILES string of the molecule is CC(C)C(=O)OCC(C)(CC(=O)O)C(=O)O. The second-order valence-corrected chi connectivity index (χ2v) is 4.20. The summed E-state index contributed by atoms with van der Waals surface area (Å²) in [5, 5.41) is 17.4. The third kappa shape index (κ3) is 4.29. The molecule has 1 atom stereocenters. The van der Waals surface area contributed by atoms with Gasteiger partial charge in [-0.05, 0) is 6.92 Å². The zero-order chi connectivity index (χ0) is 12.9. The molecule has 0 aromatic rings. The predicted molar refractivity (Wildman–Crippen MR) is 53.8 cm³/mol. The fourth-order valence-electron chi connectivity index (χ4n) is 0.919. The van der Waals surface area contributed by atoms with E-state index in [0.717, 1.165) is 0 Å². The van der Waals surface area contributed by atoms with Crippen LogP contribution < -0.4 is 0 Å². The van der Waals surface area contributed by atoms with E-state index in [9.17, 15) is 14.4 Å². The normalized spacial score (nSPS) is 14.2. The molecule has 0 amide bonds. The molecule has 16 heavy (non-hydrogen) atoms. The summed E-state index contributed by atoms with van der Waals surface area (Å²) < 4.78 is 4.75. The molecular formula is C10H16O6. The van der Waals surface area contributed by atoms with Crippen molar-refractivity contribution in [2.45, 2.75) is 27.2 Å². The fraction of sp³-hybridized carbons (Fsp3) is 0.700. The highest BCUT2D eigenvalue weighted by Gasteiger charge is 2.37. The first kappa shape index (κ1) is 14.4. The van der Waals surface area contributed by atoms with Crippen molar-refractivity contribution in [1.82, 2.24) is 0 Å². The molecule has 0 aromatic carbocycles. The van der Waals surface area contributed by atoms with Gasteiger partial charge in [-0.25, -0.2) is 0 Å². The molecule has 92 valence electrons. The van der Waals surface area contributed by atoms with Gasteiger partial charge in [0, 0.05) is 0 Å². The van der Waals surface area contributed by atoms with Crippen LogP contribution in [0.1, 0.15) is 27.2 Å². The molecule has 2 N–H and O–H groups in total. The number of hydrogen-bond donors (Lipinski definition) is 2. The van der Waals surface area contributed by atoms with E-state index >= 15 is 0 Å². The van der Waals surface area contributed by atoms with Crippen LogP contribution in [0.5, 0.6) is 0 Å². The first-order valence-electron chi connectivity index (χ1n) is 4.81. The summed E-state index contributed by atoms with van der Waals surface area (Å²) in [6.07, 6.45) is -0.590. The molecule has 0 aliphatic rings. The molecule has 6 nitrogen and oxygen atoms in total. The Balaban J connectivity index is 4.52. The molecule has 0 rings (SSSR count). The van der Waals surface area contributed by atoms with Crippen molar-refractivity contribution in [2.75, 3.05) is 6.61 Å². The van der Waals surface area contributed by atoms with Crippen LogP contribution >= 0.6 is 0 Å². The molecule has 0 bridgehead atoms. The number of carbonyl (C=O) groups excluding carboxylic acids is 1. The van der Waals surface area contributed by atoms with Crippen LogP contribution in [0.25, 0.3) is 0 Å². The third-order valence-electron chi connectivity index (χ3n) is 2.06. The molecule has 0 saturated heterocycles. The molecule has 0 radical (unpaired) electrons. The lowest BCUT2D eigenvalue weighted by atomic mass is 9.88. The van der Waals surface area contributed by atoms with E-state index in [0.29, 0.717) is 0 Å². The van der Waals surface area contributed by atoms with Gasteiger partial charge in [0.15, 0.2) is 0 Å². The van der Waals surface area contributed by atoms with Crippen molar-refractivity contribution >= 4 is 17.9 Å². The molecular weight excluding hydrogens is 216 g/mol. The summed E-state index contributed by atoms with van der Waals surface area (Å²) in [6.45, 7) is 4.01. The highest BCUT2D eigenvalue weighted by Crippen LogP contribution is 2.22. The molecule has 0 aromatic heterocycles. The number of aliphatic carboxylic acids is 2. The minimum absolute atomic E-state index is 0.372. The van der Waals surface area contributed by atoms with Gasteiger partial charge in [-0.3, -0.25) is 14.4 Å². The molecule has 6 heteroatoms. The average molecular weight is 232 g/mol. The molecule has 1 unspecified atom stereocenters. The Kier molecular flexibility index (Phi) is 4.94. The minimum atomic E-state index is -1.59. The Morgan fingerprint density at radius 1 is 1.25 bits per heavy atom. The number of carbonyl (C=O) groups is 3. The van der Waals surface area contributed by atoms with Crippen LogP contribution in [0.15, 0.2) is 0 Å². The minimum Gasteiger partial charge on any atom is -0.481 e. The summed E-state index contributed by atoms with van der Waals surface area (Å²) in [6, 6.07) is 0. The number of carboxylic acid groups (broad SMARTS) is 2. The molecule has 0 heterocycles. The Morgan fingerprint density at radius 2 is 1.75 bits per heavy atom. The van der Waals surface area contributed by atoms with Crippen LogP contribution in [0.2, 0.25) is 0 Å². The highest BCUT2D eigenvalue weighted by atomic mass is 16.5. The van der Waals surface area contributed by atoms with Crippen LogP contribution in [0, 0.1) is 11.3 Å². The molecule has 0 spiro atoms. The fourth-order valence-corrected chi connectivity index (χ4v) is 0.919. The van der Waals surface area contributed by atoms with Crippen molar-refractivity contribution in [2.24, 2.45) is 11.3 Å². The van der Waals surface area contributed by atoms with Gasteiger partial charge in [0.25, 0.3) is 0 Å². The summed E-state index contributed by atoms with van der Waals surface area (Å²) in [5.41, 5.74) is -1.59. The molecule has 0 aliphatic heterocycles. The van der Waals surface area contributed by atoms with E-state index in [1.54, 1.807) is 13.8 Å². The lowest BCUT2D eigenvalue weighted by molar-refractivity contribution is -0.164. The van der Waals surface area contributed by atoms with Crippen LogP contribution in [-0.2, 0) is 19.1 Å². The maximum Gasteiger partial charge on any atom is 0.313 e. The van der Waals surface area contributed by atoms with Gasteiger partial charge in [-0.15, -0.1) is 0 Å². The maximum absolute atomic E-state index is 11.1. The van der Waals surface area contributed by atoms with Gasteiger partial charge in [0.1, 0.15) is 12.0 Å². The Bertz CT molecular complexity index is 296. The molecule has 0 aliphatic carbocycles. The first-order valence-corrected chi connectivity index (χ1v) is 4.81. The van der Waals surface area contributed by atoms with E-state index in [1.165, 1.54) is 6.92 Å². The Hall–Kier alpha value is -1.59. The average Bonchev–Trinajstić information content (AvgIpc) is 2.12. The van der Waals surface area contributed by atoms with Crippen LogP contribution in [-0.4, -0.2) is 34.7 Å². The zero-order valence-corrected chi connectivity index (χ0v) is 9.52. The number of rotatable bonds is 6. The molecule has 0 saturated carbocycles. The van der Waals surface area contributed by atoms with Crippen LogP contribution in [0.4, 0.5) is 0 Å². The maximum atomic E-state index is 11.1. The van der Waals surface area contributed by atoms with E-state index in [4.69, 9.17) is 14.9 Å². The largest absolute Gasteiger partial charge is 0.481 e. The second-order valence-electron chi connectivity index (χ2n) is 4.20. The summed E-state index contributed by atoms with van der Waals surface area (Å²) in [5.74, 6) is -3.46. The zero-order valence-electron chi connectivity index (χ0n) is 9.52. The van der Waals surface area contributed by atoms with E-state index < -0.39 is 36.4 Å². The van der Waals surface area contributed by atoms with Crippen molar-refractivity contribution < 1.29 is 29.3 Å². The van der Waals surface area contributed by atoms with Crippen molar-refractivity contribution in [3.8, 4) is 0 Å². The predicted octanol–water partition coefficient (Wildman–Crippen LogP) is 0.751. The Labute approximate surface area is 93.2 Å². The number of esters is 1. The number of hydrogen-bond acceptors (Lipinski definition) is 4. The lowest BCUT2D eigenvalue weighted by Gasteiger charge is -2.22. The van der Waals surface area contributed by atoms with Gasteiger partial charge >= 0.3 is 17.9 Å². The van der Waals surface area contributed by atoms with Gasteiger partial charge in [0.05, 0.1) is 12.3 Å². The quantitative estimate of drug-likeness (QED) is 0.655. The van der Waals surface area contributed by atoms with Gasteiger partial charge in [0.2, 0.25) is 0 Å². The summed E-state index contributed by atoms with van der Waals surface area (Å²) in [4.78, 5) is 32.5. The highest BCUT2D eigenvalue weighted by molar-refractivity contribution is 5.81. The Morgan fingerprint density at radius 3 is 2.06 bits per heavy atom. The smallest absolute Gasteiger partial charge is 0.313 e. The second kappa shape index (κ2) is 5.48. The number of ether oxygens (including phenoxy) is 1. The number of carboxylic acids is 2. The van der Waals surface area contributed by atoms with E-state index in [-0.39, 0.29) is 5.92 Å². The summed E-state index contributed by atoms with van der Waals surface area (Å²) in [7, 11) is 0. The lowest BCUT2D eigenvalue weighted by Crippen LogP contribution is -2.36. The van der Waals surface area contributed by atoms with Crippen molar-refractivity contribution in [1.29, 1.82) is 0 Å². The monoisotopic (exact) mass is 232 g/mol. The van der Waals surface area contributed by atoms with Crippen LogP contribution in [0.3, 0.4) is 0 Å². The van der Waals surface area contributed by atoms with E-state index in [2.05, 4.69) is 0 Å². The van der Waals surface area contributed by atoms with E-state index in [1.807, 2.05) is 0 Å². The summed E-state index contributed by atoms with van der Waals surface area (Å²) >= 11 is 0. The molecule has 0 fully saturated rings. The topological polar surface area (TPSA) is 101 Å².